The molecule has 3 aromatic rings. The molecule has 7 nitrogen and oxygen atoms in total. The first kappa shape index (κ1) is 15.2. The van der Waals surface area contributed by atoms with E-state index >= 15 is 0 Å². The molecular formula is C15H10BrN3O4S. The molecule has 0 spiro atoms. The van der Waals surface area contributed by atoms with Crippen LogP contribution in [0.5, 0.6) is 11.5 Å². The fourth-order valence-electron chi connectivity index (χ4n) is 2.14. The molecule has 3 heterocycles. The van der Waals surface area contributed by atoms with Gasteiger partial charge in [0.2, 0.25) is 6.10 Å². The molecule has 0 aliphatic carbocycles. The van der Waals surface area contributed by atoms with E-state index in [1.54, 1.807) is 12.1 Å². The fourth-order valence-corrected chi connectivity index (χ4v) is 3.44. The van der Waals surface area contributed by atoms with Gasteiger partial charge in [0.05, 0.1) is 8.66 Å². The number of anilines is 1. The highest BCUT2D eigenvalue weighted by atomic mass is 79.9. The molecule has 1 atom stereocenters. The third-order valence-corrected chi connectivity index (χ3v) is 4.85. The fraction of sp³-hybridized carbons (Fsp3) is 0.133. The minimum atomic E-state index is -0.786. The quantitative estimate of drug-likeness (QED) is 0.716. The molecule has 0 bridgehead atoms. The molecule has 122 valence electrons. The van der Waals surface area contributed by atoms with Crippen LogP contribution in [0.15, 0.2) is 44.6 Å². The summed E-state index contributed by atoms with van der Waals surface area (Å²) in [6, 6.07) is 10.9. The number of carbonyl (C=O) groups excluding carboxylic acids is 1. The van der Waals surface area contributed by atoms with Crippen molar-refractivity contribution in [2.75, 3.05) is 11.9 Å². The van der Waals surface area contributed by atoms with Gasteiger partial charge >= 0.3 is 6.01 Å². The summed E-state index contributed by atoms with van der Waals surface area (Å²) in [4.78, 5) is 13.1. The van der Waals surface area contributed by atoms with Gasteiger partial charge in [-0.05, 0) is 40.2 Å². The molecule has 0 radical (unpaired) electrons. The van der Waals surface area contributed by atoms with E-state index in [1.165, 1.54) is 11.3 Å². The number of hydrogen-bond donors (Lipinski definition) is 1. The number of nitrogens with one attached hydrogen (secondary N) is 1. The lowest BCUT2D eigenvalue weighted by atomic mass is 10.2. The standard InChI is InChI=1S/C15H10BrN3O4S/c16-12-6-5-11(24-12)14-18-19-15(23-14)17-13(20)10-7-21-8-3-1-2-4-9(8)22-10/h1-6,10H,7H2,(H,17,19,20)/t10-/m0/s1. The predicted molar refractivity (Wildman–Crippen MR) is 90.3 cm³/mol. The van der Waals surface area contributed by atoms with Crippen molar-refractivity contribution in [1.82, 2.24) is 10.2 Å². The number of benzene rings is 1. The van der Waals surface area contributed by atoms with Crippen LogP contribution in [0.2, 0.25) is 0 Å². The first-order chi connectivity index (χ1) is 11.7. The summed E-state index contributed by atoms with van der Waals surface area (Å²) >= 11 is 4.83. The van der Waals surface area contributed by atoms with Crippen LogP contribution >= 0.6 is 27.3 Å². The maximum absolute atomic E-state index is 12.3. The van der Waals surface area contributed by atoms with Gasteiger partial charge in [-0.3, -0.25) is 10.1 Å². The van der Waals surface area contributed by atoms with Crippen molar-refractivity contribution in [2.45, 2.75) is 6.10 Å². The molecule has 1 aliphatic rings. The summed E-state index contributed by atoms with van der Waals surface area (Å²) in [5, 5.41) is 10.3. The van der Waals surface area contributed by atoms with Gasteiger partial charge in [0, 0.05) is 0 Å². The van der Waals surface area contributed by atoms with E-state index in [2.05, 4.69) is 31.4 Å². The minimum absolute atomic E-state index is 0.0157. The normalized spacial score (nSPS) is 16.0. The Morgan fingerprint density at radius 1 is 1.21 bits per heavy atom. The van der Waals surface area contributed by atoms with Crippen molar-refractivity contribution < 1.29 is 18.7 Å². The Morgan fingerprint density at radius 3 is 2.83 bits per heavy atom. The zero-order valence-electron chi connectivity index (χ0n) is 12.1. The van der Waals surface area contributed by atoms with Gasteiger partial charge in [-0.25, -0.2) is 0 Å². The van der Waals surface area contributed by atoms with E-state index in [-0.39, 0.29) is 12.6 Å². The Morgan fingerprint density at radius 2 is 2.04 bits per heavy atom. The number of nitrogens with zero attached hydrogens (tertiary/aromatic N) is 2. The van der Waals surface area contributed by atoms with E-state index in [1.807, 2.05) is 24.3 Å². The number of rotatable bonds is 3. The van der Waals surface area contributed by atoms with Crippen LogP contribution in [-0.2, 0) is 4.79 Å². The first-order valence-corrected chi connectivity index (χ1v) is 8.58. The van der Waals surface area contributed by atoms with E-state index < -0.39 is 12.0 Å². The van der Waals surface area contributed by atoms with E-state index in [9.17, 15) is 4.79 Å². The molecule has 1 N–H and O–H groups in total. The predicted octanol–water partition coefficient (Wildman–Crippen LogP) is 3.34. The molecular weight excluding hydrogens is 398 g/mol. The van der Waals surface area contributed by atoms with E-state index in [4.69, 9.17) is 13.9 Å². The van der Waals surface area contributed by atoms with Gasteiger partial charge in [-0.15, -0.1) is 16.4 Å². The van der Waals surface area contributed by atoms with Crippen LogP contribution in [0, 0.1) is 0 Å². The van der Waals surface area contributed by atoms with Crippen molar-refractivity contribution in [3.8, 4) is 22.3 Å². The van der Waals surface area contributed by atoms with Gasteiger partial charge in [-0.2, -0.15) is 0 Å². The topological polar surface area (TPSA) is 86.5 Å². The van der Waals surface area contributed by atoms with Gasteiger partial charge < -0.3 is 13.9 Å². The molecule has 0 saturated heterocycles. The zero-order valence-corrected chi connectivity index (χ0v) is 14.5. The monoisotopic (exact) mass is 407 g/mol. The van der Waals surface area contributed by atoms with Gasteiger partial charge in [0.1, 0.15) is 6.61 Å². The summed E-state index contributed by atoms with van der Waals surface area (Å²) < 4.78 is 17.6. The van der Waals surface area contributed by atoms with Crippen LogP contribution in [0.1, 0.15) is 0 Å². The Balaban J connectivity index is 1.44. The Kier molecular flexibility index (Phi) is 3.95. The Labute approximate surface area is 148 Å². The molecule has 24 heavy (non-hydrogen) atoms. The number of fused-ring (bicyclic) bond motifs is 1. The Bertz CT molecular complexity index is 894. The van der Waals surface area contributed by atoms with E-state index in [0.717, 1.165) is 8.66 Å². The van der Waals surface area contributed by atoms with Gasteiger partial charge in [0.25, 0.3) is 11.8 Å². The average Bonchev–Trinajstić information content (AvgIpc) is 3.23. The summed E-state index contributed by atoms with van der Waals surface area (Å²) in [6.07, 6.45) is -0.786. The zero-order chi connectivity index (χ0) is 16.5. The number of halogens is 1. The number of aromatic nitrogens is 2. The lowest BCUT2D eigenvalue weighted by Crippen LogP contribution is -2.40. The second-order valence-electron chi connectivity index (χ2n) is 4.87. The van der Waals surface area contributed by atoms with Crippen LogP contribution in [0.25, 0.3) is 10.8 Å². The molecule has 1 amide bonds. The van der Waals surface area contributed by atoms with Crippen LogP contribution in [0.4, 0.5) is 6.01 Å². The lowest BCUT2D eigenvalue weighted by Gasteiger charge is -2.24. The summed E-state index contributed by atoms with van der Waals surface area (Å²) in [5.41, 5.74) is 0. The number of para-hydroxylation sites is 2. The van der Waals surface area contributed by atoms with Crippen molar-refractivity contribution in [3.63, 3.8) is 0 Å². The molecule has 0 saturated carbocycles. The van der Waals surface area contributed by atoms with E-state index in [0.29, 0.717) is 17.4 Å². The van der Waals surface area contributed by atoms with Crippen molar-refractivity contribution in [1.29, 1.82) is 0 Å². The highest BCUT2D eigenvalue weighted by molar-refractivity contribution is 9.11. The number of ether oxygens (including phenoxy) is 2. The SMILES string of the molecule is O=C(Nc1nnc(-c2ccc(Br)s2)o1)[C@@H]1COc2ccccc2O1. The number of thiophene rings is 1. The van der Waals surface area contributed by atoms with Gasteiger partial charge in [0.15, 0.2) is 11.5 Å². The summed E-state index contributed by atoms with van der Waals surface area (Å²) in [6.45, 7) is 0.113. The third kappa shape index (κ3) is 3.00. The molecule has 0 unspecified atom stereocenters. The molecule has 9 heteroatoms. The largest absolute Gasteiger partial charge is 0.485 e. The molecule has 2 aromatic heterocycles. The van der Waals surface area contributed by atoms with Crippen molar-refractivity contribution in [2.24, 2.45) is 0 Å². The third-order valence-electron chi connectivity index (χ3n) is 3.24. The number of hydrogen-bond acceptors (Lipinski definition) is 7. The molecule has 0 fully saturated rings. The smallest absolute Gasteiger partial charge is 0.322 e. The second kappa shape index (κ2) is 6.25. The van der Waals surface area contributed by atoms with Gasteiger partial charge in [-0.1, -0.05) is 17.2 Å². The van der Waals surface area contributed by atoms with Crippen LogP contribution in [0.3, 0.4) is 0 Å². The average molecular weight is 408 g/mol. The lowest BCUT2D eigenvalue weighted by molar-refractivity contribution is -0.125. The maximum atomic E-state index is 12.3. The first-order valence-electron chi connectivity index (χ1n) is 6.97. The number of amides is 1. The van der Waals surface area contributed by atoms with Crippen LogP contribution < -0.4 is 14.8 Å². The number of carbonyl (C=O) groups is 1. The molecule has 1 aliphatic heterocycles. The summed E-state index contributed by atoms with van der Waals surface area (Å²) in [7, 11) is 0. The Hall–Kier alpha value is -2.39. The van der Waals surface area contributed by atoms with Crippen molar-refractivity contribution in [3.05, 3.63) is 40.2 Å². The molecule has 4 rings (SSSR count). The highest BCUT2D eigenvalue weighted by Gasteiger charge is 2.28. The summed E-state index contributed by atoms with van der Waals surface area (Å²) in [5.74, 6) is 1.07. The van der Waals surface area contributed by atoms with Crippen LogP contribution in [-0.4, -0.2) is 28.8 Å². The minimum Gasteiger partial charge on any atom is -0.485 e. The highest BCUT2D eigenvalue weighted by Crippen LogP contribution is 2.32. The maximum Gasteiger partial charge on any atom is 0.322 e. The van der Waals surface area contributed by atoms with Crippen molar-refractivity contribution >= 4 is 39.2 Å². The second-order valence-corrected chi connectivity index (χ2v) is 7.33. The molecule has 1 aromatic carbocycles.